The summed E-state index contributed by atoms with van der Waals surface area (Å²) in [6.07, 6.45) is 4.06. The van der Waals surface area contributed by atoms with Crippen molar-refractivity contribution in [2.24, 2.45) is 5.92 Å². The van der Waals surface area contributed by atoms with E-state index in [0.717, 1.165) is 51.4 Å². The first-order valence-corrected chi connectivity index (χ1v) is 5.96. The van der Waals surface area contributed by atoms with Crippen molar-refractivity contribution < 1.29 is 9.53 Å². The van der Waals surface area contributed by atoms with Gasteiger partial charge in [-0.2, -0.15) is 0 Å². The molecule has 1 unspecified atom stereocenters. The van der Waals surface area contributed by atoms with Crippen molar-refractivity contribution in [1.82, 2.24) is 10.6 Å². The fraction of sp³-hybridized carbons (Fsp3) is 0.909. The molecule has 0 aromatic rings. The molecule has 4 heteroatoms. The Morgan fingerprint density at radius 3 is 3.07 bits per heavy atom. The third-order valence-electron chi connectivity index (χ3n) is 3.24. The lowest BCUT2D eigenvalue weighted by Gasteiger charge is -2.12. The molecule has 2 aliphatic rings. The predicted molar refractivity (Wildman–Crippen MR) is 57.6 cm³/mol. The van der Waals surface area contributed by atoms with E-state index in [1.807, 2.05) is 0 Å². The maximum atomic E-state index is 11.6. The summed E-state index contributed by atoms with van der Waals surface area (Å²) in [4.78, 5) is 11.6. The molecule has 0 bridgehead atoms. The van der Waals surface area contributed by atoms with Gasteiger partial charge < -0.3 is 15.4 Å². The summed E-state index contributed by atoms with van der Waals surface area (Å²) in [5, 5.41) is 6.29. The van der Waals surface area contributed by atoms with Crippen LogP contribution in [0.5, 0.6) is 0 Å². The zero-order valence-electron chi connectivity index (χ0n) is 9.13. The average Bonchev–Trinajstić information content (AvgIpc) is 2.90. The maximum absolute atomic E-state index is 11.6. The fourth-order valence-electron chi connectivity index (χ4n) is 2.26. The summed E-state index contributed by atoms with van der Waals surface area (Å²) in [5.74, 6) is 0.827. The van der Waals surface area contributed by atoms with E-state index in [-0.39, 0.29) is 12.0 Å². The minimum absolute atomic E-state index is 0.0819. The van der Waals surface area contributed by atoms with Crippen molar-refractivity contribution in [2.45, 2.75) is 31.8 Å². The molecule has 2 fully saturated rings. The van der Waals surface area contributed by atoms with E-state index in [4.69, 9.17) is 4.74 Å². The highest BCUT2D eigenvalue weighted by molar-refractivity contribution is 5.80. The van der Waals surface area contributed by atoms with Crippen molar-refractivity contribution in [3.63, 3.8) is 0 Å². The van der Waals surface area contributed by atoms with Crippen LogP contribution in [0, 0.1) is 5.92 Å². The minimum atomic E-state index is -0.174. The van der Waals surface area contributed by atoms with Crippen LogP contribution < -0.4 is 10.6 Å². The molecule has 0 aromatic carbocycles. The first-order valence-electron chi connectivity index (χ1n) is 5.96. The number of nitrogens with one attached hydrogen (secondary N) is 2. The van der Waals surface area contributed by atoms with Gasteiger partial charge in [0.15, 0.2) is 0 Å². The van der Waals surface area contributed by atoms with E-state index >= 15 is 0 Å². The second-order valence-corrected chi connectivity index (χ2v) is 4.44. The number of hydrogen-bond donors (Lipinski definition) is 2. The molecule has 0 radical (unpaired) electrons. The van der Waals surface area contributed by atoms with Crippen LogP contribution in [0.15, 0.2) is 0 Å². The monoisotopic (exact) mass is 212 g/mol. The van der Waals surface area contributed by atoms with Gasteiger partial charge in [-0.25, -0.2) is 0 Å². The van der Waals surface area contributed by atoms with Crippen molar-refractivity contribution in [2.75, 3.05) is 26.2 Å². The zero-order chi connectivity index (χ0) is 10.5. The van der Waals surface area contributed by atoms with Gasteiger partial charge in [0.25, 0.3) is 0 Å². The number of carbonyl (C=O) groups excluding carboxylic acids is 1. The molecule has 2 saturated heterocycles. The molecule has 0 spiro atoms. The lowest BCUT2D eigenvalue weighted by Crippen LogP contribution is -2.35. The summed E-state index contributed by atoms with van der Waals surface area (Å²) in [5.41, 5.74) is 0. The quantitative estimate of drug-likeness (QED) is 0.704. The van der Waals surface area contributed by atoms with Crippen LogP contribution in [0.4, 0.5) is 0 Å². The van der Waals surface area contributed by atoms with Crippen LogP contribution in [0.2, 0.25) is 0 Å². The number of amides is 1. The number of carbonyl (C=O) groups is 1. The molecule has 2 heterocycles. The van der Waals surface area contributed by atoms with Gasteiger partial charge in [0.2, 0.25) is 5.91 Å². The van der Waals surface area contributed by atoms with Gasteiger partial charge in [0.1, 0.15) is 6.10 Å². The molecular weight excluding hydrogens is 192 g/mol. The lowest BCUT2D eigenvalue weighted by molar-refractivity contribution is -0.130. The van der Waals surface area contributed by atoms with E-state index in [1.54, 1.807) is 0 Å². The van der Waals surface area contributed by atoms with Gasteiger partial charge in [0.05, 0.1) is 0 Å². The van der Waals surface area contributed by atoms with Crippen LogP contribution in [0.1, 0.15) is 25.7 Å². The Balaban J connectivity index is 1.58. The van der Waals surface area contributed by atoms with Gasteiger partial charge >= 0.3 is 0 Å². The Bertz CT molecular complexity index is 209. The molecule has 2 rings (SSSR count). The van der Waals surface area contributed by atoms with Gasteiger partial charge in [-0.05, 0) is 44.7 Å². The standard InChI is InChI=1S/C11H20N2O2/c14-11(10-2-1-7-15-10)13-6-4-9-3-5-12-8-9/h9-10,12H,1-8H2,(H,13,14)/t9?,10-/m1/s1. The van der Waals surface area contributed by atoms with E-state index in [9.17, 15) is 4.79 Å². The van der Waals surface area contributed by atoms with Gasteiger partial charge in [-0.15, -0.1) is 0 Å². The van der Waals surface area contributed by atoms with Crippen LogP contribution in [0.3, 0.4) is 0 Å². The van der Waals surface area contributed by atoms with Crippen LogP contribution >= 0.6 is 0 Å². The van der Waals surface area contributed by atoms with E-state index in [1.165, 1.54) is 6.42 Å². The third-order valence-corrected chi connectivity index (χ3v) is 3.24. The molecule has 2 atom stereocenters. The molecule has 86 valence electrons. The lowest BCUT2D eigenvalue weighted by atomic mass is 10.1. The van der Waals surface area contributed by atoms with Gasteiger partial charge in [-0.1, -0.05) is 0 Å². The third kappa shape index (κ3) is 3.18. The van der Waals surface area contributed by atoms with Crippen molar-refractivity contribution in [3.05, 3.63) is 0 Å². The maximum Gasteiger partial charge on any atom is 0.249 e. The van der Waals surface area contributed by atoms with Crippen molar-refractivity contribution in [3.8, 4) is 0 Å². The number of ether oxygens (including phenoxy) is 1. The Labute approximate surface area is 90.8 Å². The molecule has 0 aromatic heterocycles. The SMILES string of the molecule is O=C(NCCC1CCNC1)[C@H]1CCCO1. The molecule has 0 aliphatic carbocycles. The molecule has 15 heavy (non-hydrogen) atoms. The highest BCUT2D eigenvalue weighted by Crippen LogP contribution is 2.13. The summed E-state index contributed by atoms with van der Waals surface area (Å²) in [7, 11) is 0. The summed E-state index contributed by atoms with van der Waals surface area (Å²) < 4.78 is 5.31. The highest BCUT2D eigenvalue weighted by atomic mass is 16.5. The Morgan fingerprint density at radius 1 is 1.47 bits per heavy atom. The topological polar surface area (TPSA) is 50.4 Å². The van der Waals surface area contributed by atoms with Gasteiger partial charge in [0, 0.05) is 13.2 Å². The smallest absolute Gasteiger partial charge is 0.249 e. The molecule has 2 N–H and O–H groups in total. The fourth-order valence-corrected chi connectivity index (χ4v) is 2.26. The van der Waals surface area contributed by atoms with Crippen molar-refractivity contribution >= 4 is 5.91 Å². The number of hydrogen-bond acceptors (Lipinski definition) is 3. The summed E-state index contributed by atoms with van der Waals surface area (Å²) >= 11 is 0. The summed E-state index contributed by atoms with van der Waals surface area (Å²) in [6, 6.07) is 0. The Kier molecular flexibility index (Phi) is 3.97. The first kappa shape index (κ1) is 10.9. The van der Waals surface area contributed by atoms with Crippen LogP contribution in [-0.4, -0.2) is 38.3 Å². The highest BCUT2D eigenvalue weighted by Gasteiger charge is 2.23. The first-order chi connectivity index (χ1) is 7.36. The Hall–Kier alpha value is -0.610. The molecule has 1 amide bonds. The number of rotatable bonds is 4. The largest absolute Gasteiger partial charge is 0.368 e. The van der Waals surface area contributed by atoms with Crippen LogP contribution in [0.25, 0.3) is 0 Å². The van der Waals surface area contributed by atoms with Gasteiger partial charge in [-0.3, -0.25) is 4.79 Å². The summed E-state index contributed by atoms with van der Waals surface area (Å²) in [6.45, 7) is 3.77. The second kappa shape index (κ2) is 5.47. The molecule has 0 saturated carbocycles. The normalized spacial score (nSPS) is 30.7. The predicted octanol–water partition coefficient (Wildman–Crippen LogP) is 0.281. The van der Waals surface area contributed by atoms with E-state index in [0.29, 0.717) is 0 Å². The molecular formula is C11H20N2O2. The molecule has 4 nitrogen and oxygen atoms in total. The zero-order valence-corrected chi connectivity index (χ0v) is 9.13. The second-order valence-electron chi connectivity index (χ2n) is 4.44. The minimum Gasteiger partial charge on any atom is -0.368 e. The van der Waals surface area contributed by atoms with E-state index < -0.39 is 0 Å². The average molecular weight is 212 g/mol. The Morgan fingerprint density at radius 2 is 2.40 bits per heavy atom. The molecule has 2 aliphatic heterocycles. The van der Waals surface area contributed by atoms with Crippen LogP contribution in [-0.2, 0) is 9.53 Å². The van der Waals surface area contributed by atoms with E-state index in [2.05, 4.69) is 10.6 Å². The van der Waals surface area contributed by atoms with Crippen molar-refractivity contribution in [1.29, 1.82) is 0 Å².